The predicted octanol–water partition coefficient (Wildman–Crippen LogP) is 2.52. The molecule has 1 saturated heterocycles. The van der Waals surface area contributed by atoms with Crippen LogP contribution in [0.4, 0.5) is 0 Å². The molecule has 2 heterocycles. The van der Waals surface area contributed by atoms with Crippen molar-refractivity contribution >= 4 is 27.7 Å². The zero-order valence-corrected chi connectivity index (χ0v) is 13.8. The summed E-state index contributed by atoms with van der Waals surface area (Å²) >= 11 is 3.43. The second kappa shape index (κ2) is 5.91. The van der Waals surface area contributed by atoms with Gasteiger partial charge in [0.1, 0.15) is 0 Å². The first-order valence-corrected chi connectivity index (χ1v) is 8.42. The largest absolute Gasteiger partial charge is 0.282 e. The van der Waals surface area contributed by atoms with Gasteiger partial charge in [0.25, 0.3) is 0 Å². The van der Waals surface area contributed by atoms with Gasteiger partial charge in [-0.05, 0) is 42.1 Å². The van der Waals surface area contributed by atoms with Gasteiger partial charge in [0.2, 0.25) is 11.8 Å². The molecule has 2 fully saturated rings. The summed E-state index contributed by atoms with van der Waals surface area (Å²) in [5.74, 6) is 0.0461. The Morgan fingerprint density at radius 1 is 1.19 bits per heavy atom. The van der Waals surface area contributed by atoms with Gasteiger partial charge < -0.3 is 0 Å². The highest BCUT2D eigenvalue weighted by Crippen LogP contribution is 2.37. The fraction of sp³-hybridized carbons (Fsp3) is 0.667. The molecule has 1 aliphatic heterocycles. The molecule has 0 bridgehead atoms. The SMILES string of the molecule is Cc1nn(CCCN2C(=O)C3CCCCC3C2=O)cc1Br. The van der Waals surface area contributed by atoms with E-state index in [0.717, 1.165) is 48.8 Å². The van der Waals surface area contributed by atoms with E-state index in [4.69, 9.17) is 0 Å². The summed E-state index contributed by atoms with van der Waals surface area (Å²) in [7, 11) is 0. The highest BCUT2D eigenvalue weighted by molar-refractivity contribution is 9.10. The van der Waals surface area contributed by atoms with Crippen LogP contribution in [0.1, 0.15) is 37.8 Å². The standard InChI is InChI=1S/C15H20BrN3O2/c1-10-13(16)9-18(17-10)7-4-8-19-14(20)11-5-2-3-6-12(11)15(19)21/h9,11-12H,2-8H2,1H3. The minimum absolute atomic E-state index is 0.0349. The molecule has 1 aromatic heterocycles. The Kier molecular flexibility index (Phi) is 4.15. The van der Waals surface area contributed by atoms with Gasteiger partial charge in [0, 0.05) is 19.3 Å². The Hall–Kier alpha value is -1.17. The Balaban J connectivity index is 1.57. The third-order valence-corrected chi connectivity index (χ3v) is 5.37. The van der Waals surface area contributed by atoms with Gasteiger partial charge in [0.15, 0.2) is 0 Å². The summed E-state index contributed by atoms with van der Waals surface area (Å²) < 4.78 is 2.85. The number of carbonyl (C=O) groups excluding carboxylic acids is 2. The Bertz CT molecular complexity index is 526. The van der Waals surface area contributed by atoms with E-state index in [1.54, 1.807) is 0 Å². The molecule has 5 nitrogen and oxygen atoms in total. The molecular weight excluding hydrogens is 334 g/mol. The van der Waals surface area contributed by atoms with Gasteiger partial charge in [-0.1, -0.05) is 12.8 Å². The van der Waals surface area contributed by atoms with Crippen LogP contribution in [0.25, 0.3) is 0 Å². The van der Waals surface area contributed by atoms with Gasteiger partial charge in [0.05, 0.1) is 22.0 Å². The first-order chi connectivity index (χ1) is 10.1. The van der Waals surface area contributed by atoms with E-state index in [9.17, 15) is 9.59 Å². The molecule has 1 aromatic rings. The Labute approximate surface area is 132 Å². The normalized spacial score (nSPS) is 25.5. The molecule has 2 unspecified atom stereocenters. The summed E-state index contributed by atoms with van der Waals surface area (Å²) in [5.41, 5.74) is 0.953. The molecule has 2 aliphatic rings. The molecule has 2 amide bonds. The molecule has 0 N–H and O–H groups in total. The van der Waals surface area contributed by atoms with E-state index in [0.29, 0.717) is 6.54 Å². The lowest BCUT2D eigenvalue weighted by molar-refractivity contribution is -0.140. The van der Waals surface area contributed by atoms with Crippen LogP contribution in [0.2, 0.25) is 0 Å². The Morgan fingerprint density at radius 3 is 2.33 bits per heavy atom. The molecule has 0 radical (unpaired) electrons. The number of carbonyl (C=O) groups is 2. The number of imide groups is 1. The third kappa shape index (κ3) is 2.78. The molecular formula is C15H20BrN3O2. The monoisotopic (exact) mass is 353 g/mol. The van der Waals surface area contributed by atoms with Crippen LogP contribution in [0.5, 0.6) is 0 Å². The van der Waals surface area contributed by atoms with Crippen molar-refractivity contribution in [3.63, 3.8) is 0 Å². The number of amides is 2. The minimum atomic E-state index is -0.0349. The number of aryl methyl sites for hydroxylation is 2. The molecule has 114 valence electrons. The van der Waals surface area contributed by atoms with Crippen molar-refractivity contribution in [2.24, 2.45) is 11.8 Å². The zero-order valence-electron chi connectivity index (χ0n) is 12.2. The van der Waals surface area contributed by atoms with Crippen molar-refractivity contribution in [1.29, 1.82) is 0 Å². The number of halogens is 1. The van der Waals surface area contributed by atoms with E-state index >= 15 is 0 Å². The van der Waals surface area contributed by atoms with Crippen molar-refractivity contribution in [1.82, 2.24) is 14.7 Å². The van der Waals surface area contributed by atoms with Crippen LogP contribution < -0.4 is 0 Å². The van der Waals surface area contributed by atoms with Crippen molar-refractivity contribution < 1.29 is 9.59 Å². The topological polar surface area (TPSA) is 55.2 Å². The van der Waals surface area contributed by atoms with Gasteiger partial charge in [-0.2, -0.15) is 5.10 Å². The number of nitrogens with zero attached hydrogens (tertiary/aromatic N) is 3. The zero-order chi connectivity index (χ0) is 15.0. The van der Waals surface area contributed by atoms with Crippen LogP contribution >= 0.6 is 15.9 Å². The second-order valence-electron chi connectivity index (χ2n) is 6.00. The summed E-state index contributed by atoms with van der Waals surface area (Å²) in [6.07, 6.45) is 6.62. The van der Waals surface area contributed by atoms with Crippen molar-refractivity contribution in [2.45, 2.75) is 45.6 Å². The first kappa shape index (κ1) is 14.8. The maximum absolute atomic E-state index is 12.3. The summed E-state index contributed by atoms with van der Waals surface area (Å²) in [4.78, 5) is 26.1. The molecule has 3 rings (SSSR count). The Morgan fingerprint density at radius 2 is 1.81 bits per heavy atom. The van der Waals surface area contributed by atoms with E-state index in [2.05, 4.69) is 21.0 Å². The van der Waals surface area contributed by atoms with Crippen molar-refractivity contribution in [2.75, 3.05) is 6.54 Å². The maximum Gasteiger partial charge on any atom is 0.233 e. The minimum Gasteiger partial charge on any atom is -0.282 e. The van der Waals surface area contributed by atoms with Crippen LogP contribution in [-0.4, -0.2) is 33.0 Å². The number of likely N-dealkylation sites (tertiary alicyclic amines) is 1. The average molecular weight is 354 g/mol. The summed E-state index contributed by atoms with van der Waals surface area (Å²) in [5, 5.41) is 4.37. The summed E-state index contributed by atoms with van der Waals surface area (Å²) in [6.45, 7) is 3.18. The van der Waals surface area contributed by atoms with Gasteiger partial charge >= 0.3 is 0 Å². The summed E-state index contributed by atoms with van der Waals surface area (Å²) in [6, 6.07) is 0. The lowest BCUT2D eigenvalue weighted by Gasteiger charge is -2.19. The van der Waals surface area contributed by atoms with Gasteiger partial charge in [-0.15, -0.1) is 0 Å². The van der Waals surface area contributed by atoms with Crippen molar-refractivity contribution in [3.05, 3.63) is 16.4 Å². The smallest absolute Gasteiger partial charge is 0.233 e. The molecule has 0 spiro atoms. The van der Waals surface area contributed by atoms with Crippen LogP contribution in [0, 0.1) is 18.8 Å². The number of fused-ring (bicyclic) bond motifs is 1. The van der Waals surface area contributed by atoms with Crippen LogP contribution in [-0.2, 0) is 16.1 Å². The number of rotatable bonds is 4. The lowest BCUT2D eigenvalue weighted by atomic mass is 9.81. The van der Waals surface area contributed by atoms with Crippen LogP contribution in [0.15, 0.2) is 10.7 Å². The molecule has 0 aromatic carbocycles. The van der Waals surface area contributed by atoms with E-state index in [1.807, 2.05) is 17.8 Å². The lowest BCUT2D eigenvalue weighted by Crippen LogP contribution is -2.32. The van der Waals surface area contributed by atoms with Gasteiger partial charge in [-0.25, -0.2) is 0 Å². The van der Waals surface area contributed by atoms with E-state index in [-0.39, 0.29) is 23.7 Å². The molecule has 1 saturated carbocycles. The number of hydrogen-bond donors (Lipinski definition) is 0. The highest BCUT2D eigenvalue weighted by atomic mass is 79.9. The predicted molar refractivity (Wildman–Crippen MR) is 81.4 cm³/mol. The fourth-order valence-corrected chi connectivity index (χ4v) is 3.77. The highest BCUT2D eigenvalue weighted by Gasteiger charge is 2.47. The fourth-order valence-electron chi connectivity index (χ4n) is 3.45. The van der Waals surface area contributed by atoms with E-state index < -0.39 is 0 Å². The van der Waals surface area contributed by atoms with E-state index in [1.165, 1.54) is 4.90 Å². The quantitative estimate of drug-likeness (QED) is 0.781. The van der Waals surface area contributed by atoms with Crippen molar-refractivity contribution in [3.8, 4) is 0 Å². The third-order valence-electron chi connectivity index (χ3n) is 4.59. The first-order valence-electron chi connectivity index (χ1n) is 7.62. The average Bonchev–Trinajstić information content (AvgIpc) is 2.92. The molecule has 2 atom stereocenters. The number of hydrogen-bond acceptors (Lipinski definition) is 3. The second-order valence-corrected chi connectivity index (χ2v) is 6.86. The van der Waals surface area contributed by atoms with Crippen LogP contribution in [0.3, 0.4) is 0 Å². The maximum atomic E-state index is 12.3. The molecule has 6 heteroatoms. The molecule has 1 aliphatic carbocycles. The number of aromatic nitrogens is 2. The van der Waals surface area contributed by atoms with Gasteiger partial charge in [-0.3, -0.25) is 19.2 Å². The molecule has 21 heavy (non-hydrogen) atoms.